The van der Waals surface area contributed by atoms with Crippen LogP contribution in [0.25, 0.3) is 10.9 Å². The summed E-state index contributed by atoms with van der Waals surface area (Å²) in [5, 5.41) is 18.7. The standard InChI is InChI=1S/C24H20N4O6S/c29-22(26-16-5-3-6-17(12-16)28(32)33)14-34-24(31)20(27-23(30)21-9-4-10-35-21)11-15-13-25-19-8-2-1-7-18(15)19/h1-10,12-13,20,25H,11,14H2,(H,26,29)(H,27,30)/t20-/m1/s1. The van der Waals surface area contributed by atoms with Gasteiger partial charge in [-0.3, -0.25) is 19.7 Å². The summed E-state index contributed by atoms with van der Waals surface area (Å²) in [5.41, 5.74) is 1.70. The van der Waals surface area contributed by atoms with E-state index in [1.807, 2.05) is 24.3 Å². The van der Waals surface area contributed by atoms with Crippen LogP contribution in [-0.2, 0) is 20.7 Å². The molecular weight excluding hydrogens is 472 g/mol. The molecule has 4 aromatic rings. The van der Waals surface area contributed by atoms with Crippen molar-refractivity contribution in [2.75, 3.05) is 11.9 Å². The summed E-state index contributed by atoms with van der Waals surface area (Å²) in [6.07, 6.45) is 1.91. The van der Waals surface area contributed by atoms with Crippen molar-refractivity contribution in [1.82, 2.24) is 10.3 Å². The molecule has 2 aromatic carbocycles. The van der Waals surface area contributed by atoms with Gasteiger partial charge >= 0.3 is 5.97 Å². The van der Waals surface area contributed by atoms with E-state index in [4.69, 9.17) is 4.74 Å². The first-order valence-corrected chi connectivity index (χ1v) is 11.4. The Kier molecular flexibility index (Phi) is 7.17. The number of nitro benzene ring substituents is 1. The fraction of sp³-hybridized carbons (Fsp3) is 0.125. The normalized spacial score (nSPS) is 11.5. The number of nitrogens with one attached hydrogen (secondary N) is 3. The van der Waals surface area contributed by atoms with Crippen LogP contribution in [0, 0.1) is 10.1 Å². The summed E-state index contributed by atoms with van der Waals surface area (Å²) < 4.78 is 5.19. The number of carbonyl (C=O) groups excluding carboxylic acids is 3. The number of hydrogen-bond donors (Lipinski definition) is 3. The minimum atomic E-state index is -1.05. The van der Waals surface area contributed by atoms with Gasteiger partial charge in [0.2, 0.25) is 0 Å². The van der Waals surface area contributed by atoms with Crippen molar-refractivity contribution >= 4 is 51.4 Å². The topological polar surface area (TPSA) is 143 Å². The fourth-order valence-corrected chi connectivity index (χ4v) is 4.11. The van der Waals surface area contributed by atoms with Gasteiger partial charge in [-0.05, 0) is 29.1 Å². The lowest BCUT2D eigenvalue weighted by molar-refractivity contribution is -0.384. The number of carbonyl (C=O) groups is 3. The molecule has 0 aliphatic rings. The molecule has 178 valence electrons. The molecule has 0 bridgehead atoms. The number of aromatic nitrogens is 1. The van der Waals surface area contributed by atoms with E-state index in [9.17, 15) is 24.5 Å². The zero-order chi connectivity index (χ0) is 24.8. The molecule has 2 aromatic heterocycles. The number of aromatic amines is 1. The highest BCUT2D eigenvalue weighted by atomic mass is 32.1. The van der Waals surface area contributed by atoms with E-state index in [2.05, 4.69) is 15.6 Å². The van der Waals surface area contributed by atoms with E-state index in [0.29, 0.717) is 4.88 Å². The number of hydrogen-bond acceptors (Lipinski definition) is 7. The molecule has 11 heteroatoms. The van der Waals surface area contributed by atoms with Gasteiger partial charge in [0.05, 0.1) is 9.80 Å². The molecule has 1 atom stereocenters. The Morgan fingerprint density at radius 3 is 2.69 bits per heavy atom. The molecule has 35 heavy (non-hydrogen) atoms. The molecule has 0 radical (unpaired) electrons. The van der Waals surface area contributed by atoms with Crippen LogP contribution < -0.4 is 10.6 Å². The zero-order valence-corrected chi connectivity index (χ0v) is 19.0. The van der Waals surface area contributed by atoms with Crippen molar-refractivity contribution in [3.05, 3.63) is 92.8 Å². The molecule has 0 unspecified atom stereocenters. The number of esters is 1. The van der Waals surface area contributed by atoms with Gasteiger partial charge in [-0.25, -0.2) is 4.79 Å². The second-order valence-corrected chi connectivity index (χ2v) is 8.48. The van der Waals surface area contributed by atoms with Crippen LogP contribution in [-0.4, -0.2) is 40.3 Å². The number of nitro groups is 1. The Balaban J connectivity index is 1.44. The van der Waals surface area contributed by atoms with Gasteiger partial charge in [0.1, 0.15) is 6.04 Å². The summed E-state index contributed by atoms with van der Waals surface area (Å²) in [4.78, 5) is 51.7. The maximum Gasteiger partial charge on any atom is 0.329 e. The van der Waals surface area contributed by atoms with Crippen LogP contribution in [0.15, 0.2) is 72.2 Å². The van der Waals surface area contributed by atoms with E-state index in [1.165, 1.54) is 35.6 Å². The Bertz CT molecular complexity index is 1380. The smallest absolute Gasteiger partial charge is 0.329 e. The van der Waals surface area contributed by atoms with Crippen molar-refractivity contribution in [2.45, 2.75) is 12.5 Å². The highest BCUT2D eigenvalue weighted by Gasteiger charge is 2.26. The Morgan fingerprint density at radius 2 is 1.91 bits per heavy atom. The highest BCUT2D eigenvalue weighted by Crippen LogP contribution is 2.20. The summed E-state index contributed by atoms with van der Waals surface area (Å²) in [6.45, 7) is -0.624. The molecule has 2 amide bonds. The summed E-state index contributed by atoms with van der Waals surface area (Å²) >= 11 is 1.24. The average Bonchev–Trinajstić information content (AvgIpc) is 3.53. The van der Waals surface area contributed by atoms with Gasteiger partial charge in [0, 0.05) is 41.3 Å². The van der Waals surface area contributed by atoms with E-state index < -0.39 is 35.4 Å². The quantitative estimate of drug-likeness (QED) is 0.185. The number of fused-ring (bicyclic) bond motifs is 1. The minimum absolute atomic E-state index is 0.145. The molecule has 0 aliphatic heterocycles. The molecule has 10 nitrogen and oxygen atoms in total. The average molecular weight is 493 g/mol. The van der Waals surface area contributed by atoms with Crippen molar-refractivity contribution in [3.63, 3.8) is 0 Å². The van der Waals surface area contributed by atoms with Gasteiger partial charge in [-0.1, -0.05) is 30.3 Å². The number of rotatable bonds is 9. The number of nitrogens with zero attached hydrogens (tertiary/aromatic N) is 1. The number of ether oxygens (including phenoxy) is 1. The monoisotopic (exact) mass is 492 g/mol. The maximum absolute atomic E-state index is 12.9. The number of non-ortho nitro benzene ring substituents is 1. The van der Waals surface area contributed by atoms with Crippen LogP contribution in [0.4, 0.5) is 11.4 Å². The van der Waals surface area contributed by atoms with Crippen LogP contribution in [0.3, 0.4) is 0 Å². The molecule has 2 heterocycles. The molecule has 0 saturated heterocycles. The number of amides is 2. The van der Waals surface area contributed by atoms with Crippen LogP contribution >= 0.6 is 11.3 Å². The van der Waals surface area contributed by atoms with Crippen molar-refractivity contribution in [1.29, 1.82) is 0 Å². The summed E-state index contributed by atoms with van der Waals surface area (Å²) in [6, 6.07) is 15.3. The summed E-state index contributed by atoms with van der Waals surface area (Å²) in [7, 11) is 0. The first kappa shape index (κ1) is 23.6. The van der Waals surface area contributed by atoms with E-state index in [1.54, 1.807) is 23.7 Å². The second kappa shape index (κ2) is 10.6. The Labute approximate surface area is 203 Å². The lowest BCUT2D eigenvalue weighted by atomic mass is 10.0. The molecular formula is C24H20N4O6S. The van der Waals surface area contributed by atoms with E-state index >= 15 is 0 Å². The summed E-state index contributed by atoms with van der Waals surface area (Å²) in [5.74, 6) is -1.88. The number of H-pyrrole nitrogens is 1. The third-order valence-corrected chi connectivity index (χ3v) is 5.99. The first-order chi connectivity index (χ1) is 16.9. The zero-order valence-electron chi connectivity index (χ0n) is 18.2. The number of thiophene rings is 1. The van der Waals surface area contributed by atoms with Gasteiger partial charge in [0.25, 0.3) is 17.5 Å². The third kappa shape index (κ3) is 5.89. The van der Waals surface area contributed by atoms with E-state index in [-0.39, 0.29) is 17.8 Å². The van der Waals surface area contributed by atoms with Crippen molar-refractivity contribution in [3.8, 4) is 0 Å². The number of para-hydroxylation sites is 1. The first-order valence-electron chi connectivity index (χ1n) is 10.5. The largest absolute Gasteiger partial charge is 0.454 e. The van der Waals surface area contributed by atoms with Gasteiger partial charge in [-0.15, -0.1) is 11.3 Å². The van der Waals surface area contributed by atoms with Gasteiger partial charge in [0.15, 0.2) is 6.61 Å². The van der Waals surface area contributed by atoms with Crippen LogP contribution in [0.2, 0.25) is 0 Å². The molecule has 3 N–H and O–H groups in total. The lowest BCUT2D eigenvalue weighted by Crippen LogP contribution is -2.43. The van der Waals surface area contributed by atoms with E-state index in [0.717, 1.165) is 16.5 Å². The third-order valence-electron chi connectivity index (χ3n) is 5.12. The van der Waals surface area contributed by atoms with Crippen molar-refractivity contribution in [2.24, 2.45) is 0 Å². The Morgan fingerprint density at radius 1 is 1.09 bits per heavy atom. The van der Waals surface area contributed by atoms with Gasteiger partial charge in [-0.2, -0.15) is 0 Å². The molecule has 0 fully saturated rings. The SMILES string of the molecule is O=C(COC(=O)[C@@H](Cc1c[nH]c2ccccc12)NC(=O)c1cccs1)Nc1cccc([N+](=O)[O-])c1. The molecule has 0 spiro atoms. The minimum Gasteiger partial charge on any atom is -0.454 e. The molecule has 0 saturated carbocycles. The second-order valence-electron chi connectivity index (χ2n) is 7.53. The van der Waals surface area contributed by atoms with Crippen molar-refractivity contribution < 1.29 is 24.0 Å². The van der Waals surface area contributed by atoms with Crippen LogP contribution in [0.1, 0.15) is 15.2 Å². The molecule has 0 aliphatic carbocycles. The predicted molar refractivity (Wildman–Crippen MR) is 130 cm³/mol. The predicted octanol–water partition coefficient (Wildman–Crippen LogP) is 3.66. The lowest BCUT2D eigenvalue weighted by Gasteiger charge is -2.17. The Hall–Kier alpha value is -4.51. The number of anilines is 1. The number of benzene rings is 2. The van der Waals surface area contributed by atoms with Gasteiger partial charge < -0.3 is 20.4 Å². The maximum atomic E-state index is 12.9. The highest BCUT2D eigenvalue weighted by molar-refractivity contribution is 7.12. The fourth-order valence-electron chi connectivity index (χ4n) is 3.48. The molecule has 4 rings (SSSR count). The van der Waals surface area contributed by atoms with Crippen LogP contribution in [0.5, 0.6) is 0 Å².